The lowest BCUT2D eigenvalue weighted by Gasteiger charge is -2.33. The molecule has 5 nitrogen and oxygen atoms in total. The lowest BCUT2D eigenvalue weighted by molar-refractivity contribution is 0.104. The molecule has 1 aromatic rings. The van der Waals surface area contributed by atoms with Gasteiger partial charge in [0.25, 0.3) is 0 Å². The van der Waals surface area contributed by atoms with E-state index in [0.29, 0.717) is 13.0 Å². The van der Waals surface area contributed by atoms with E-state index >= 15 is 0 Å². The van der Waals surface area contributed by atoms with Crippen LogP contribution >= 0.6 is 0 Å². The van der Waals surface area contributed by atoms with Crippen molar-refractivity contribution in [3.8, 4) is 5.75 Å². The molecular formula is C21H35NO4S. The molecule has 0 bridgehead atoms. The summed E-state index contributed by atoms with van der Waals surface area (Å²) < 4.78 is 28.6. The number of sulfone groups is 1. The summed E-state index contributed by atoms with van der Waals surface area (Å²) in [7, 11) is -2.90. The predicted molar refractivity (Wildman–Crippen MR) is 110 cm³/mol. The van der Waals surface area contributed by atoms with Gasteiger partial charge in [-0.25, -0.2) is 8.42 Å². The molecule has 154 valence electrons. The number of hydrogen-bond acceptors (Lipinski definition) is 5. The number of hydrogen-bond donors (Lipinski definition) is 2. The van der Waals surface area contributed by atoms with Gasteiger partial charge in [-0.3, -0.25) is 0 Å². The summed E-state index contributed by atoms with van der Waals surface area (Å²) in [5, 5.41) is 13.2. The zero-order chi connectivity index (χ0) is 20.3. The van der Waals surface area contributed by atoms with Gasteiger partial charge in [-0.15, -0.1) is 0 Å². The maximum absolute atomic E-state index is 11.4. The molecule has 6 heteroatoms. The topological polar surface area (TPSA) is 75.6 Å². The van der Waals surface area contributed by atoms with Crippen LogP contribution in [0.1, 0.15) is 53.0 Å². The molecule has 1 aliphatic heterocycles. The minimum atomic E-state index is -2.90. The zero-order valence-corrected chi connectivity index (χ0v) is 18.1. The van der Waals surface area contributed by atoms with Gasteiger partial charge < -0.3 is 15.2 Å². The Morgan fingerprint density at radius 3 is 2.33 bits per heavy atom. The molecule has 27 heavy (non-hydrogen) atoms. The fraction of sp³-hybridized carbons (Fsp3) is 0.714. The van der Waals surface area contributed by atoms with Crippen molar-refractivity contribution < 1.29 is 18.3 Å². The number of rotatable bonds is 8. The zero-order valence-electron chi connectivity index (χ0n) is 17.3. The van der Waals surface area contributed by atoms with E-state index in [1.807, 2.05) is 12.1 Å². The molecule has 1 saturated heterocycles. The van der Waals surface area contributed by atoms with Crippen LogP contribution in [-0.2, 0) is 15.3 Å². The highest BCUT2D eigenvalue weighted by atomic mass is 32.2. The highest BCUT2D eigenvalue weighted by molar-refractivity contribution is 7.91. The van der Waals surface area contributed by atoms with Gasteiger partial charge in [0.1, 0.15) is 18.5 Å². The summed E-state index contributed by atoms with van der Waals surface area (Å²) in [6.07, 6.45) is 1.02. The molecule has 2 N–H and O–H groups in total. The molecule has 1 heterocycles. The van der Waals surface area contributed by atoms with E-state index in [9.17, 15) is 13.5 Å². The summed E-state index contributed by atoms with van der Waals surface area (Å²) in [5.41, 5.74) is 1.62. The number of benzene rings is 1. The largest absolute Gasteiger partial charge is 0.491 e. The highest BCUT2D eigenvalue weighted by Crippen LogP contribution is 2.36. The van der Waals surface area contributed by atoms with E-state index in [-0.39, 0.29) is 35.0 Å². The van der Waals surface area contributed by atoms with Crippen LogP contribution in [0.4, 0.5) is 0 Å². The monoisotopic (exact) mass is 397 g/mol. The quantitative estimate of drug-likeness (QED) is 0.705. The first-order valence-corrected chi connectivity index (χ1v) is 11.5. The van der Waals surface area contributed by atoms with Crippen LogP contribution < -0.4 is 10.1 Å². The number of ether oxygens (including phenoxy) is 1. The Morgan fingerprint density at radius 1 is 1.19 bits per heavy atom. The first-order chi connectivity index (χ1) is 12.4. The van der Waals surface area contributed by atoms with Gasteiger partial charge in [0, 0.05) is 12.6 Å². The minimum Gasteiger partial charge on any atom is -0.491 e. The normalized spacial score (nSPS) is 21.2. The standard InChI is InChI=1S/C21H35NO4S/c1-20(2,3)15-21(4,5)16-6-8-19(9-7-16)26-13-18(23)12-22-17-10-11-27(24,25)14-17/h6-9,17-18,22-23H,10-15H2,1-5H3. The van der Waals surface area contributed by atoms with Crippen molar-refractivity contribution in [2.45, 2.75) is 65.0 Å². The predicted octanol–water partition coefficient (Wildman–Crippen LogP) is 2.92. The van der Waals surface area contributed by atoms with Crippen LogP contribution in [0.15, 0.2) is 24.3 Å². The molecule has 2 rings (SSSR count). The molecule has 0 amide bonds. The van der Waals surface area contributed by atoms with Crippen molar-refractivity contribution in [1.82, 2.24) is 5.32 Å². The molecule has 0 spiro atoms. The van der Waals surface area contributed by atoms with Gasteiger partial charge in [-0.1, -0.05) is 46.8 Å². The molecule has 0 saturated carbocycles. The first kappa shape index (κ1) is 22.2. The van der Waals surface area contributed by atoms with Crippen LogP contribution in [0.3, 0.4) is 0 Å². The smallest absolute Gasteiger partial charge is 0.151 e. The lowest BCUT2D eigenvalue weighted by atomic mass is 9.72. The lowest BCUT2D eigenvalue weighted by Crippen LogP contribution is -2.38. The number of aliphatic hydroxyl groups excluding tert-OH is 1. The van der Waals surface area contributed by atoms with Gasteiger partial charge in [-0.2, -0.15) is 0 Å². The molecule has 0 aliphatic carbocycles. The van der Waals surface area contributed by atoms with E-state index in [1.54, 1.807) is 0 Å². The van der Waals surface area contributed by atoms with Crippen LogP contribution in [0.25, 0.3) is 0 Å². The SMILES string of the molecule is CC(C)(C)CC(C)(C)c1ccc(OCC(O)CNC2CCS(=O)(=O)C2)cc1. The van der Waals surface area contributed by atoms with E-state index in [2.05, 4.69) is 52.1 Å². The van der Waals surface area contributed by atoms with E-state index in [1.165, 1.54) is 5.56 Å². The van der Waals surface area contributed by atoms with E-state index in [0.717, 1.165) is 12.2 Å². The summed E-state index contributed by atoms with van der Waals surface area (Å²) >= 11 is 0. The number of nitrogens with one attached hydrogen (secondary N) is 1. The van der Waals surface area contributed by atoms with Crippen molar-refractivity contribution in [2.24, 2.45) is 5.41 Å². The molecule has 0 aromatic heterocycles. The van der Waals surface area contributed by atoms with Crippen LogP contribution in [-0.4, -0.2) is 50.3 Å². The van der Waals surface area contributed by atoms with Gasteiger partial charge >= 0.3 is 0 Å². The van der Waals surface area contributed by atoms with Crippen molar-refractivity contribution in [2.75, 3.05) is 24.7 Å². The highest BCUT2D eigenvalue weighted by Gasteiger charge is 2.28. The Labute approximate surface area is 164 Å². The average molecular weight is 398 g/mol. The molecule has 1 aromatic carbocycles. The molecule has 1 aliphatic rings. The second kappa shape index (κ2) is 8.50. The Kier molecular flexibility index (Phi) is 6.98. The third kappa shape index (κ3) is 7.43. The minimum absolute atomic E-state index is 0.0611. The second-order valence-electron chi connectivity index (χ2n) is 9.62. The molecule has 1 fully saturated rings. The maximum Gasteiger partial charge on any atom is 0.151 e. The van der Waals surface area contributed by atoms with Gasteiger partial charge in [-0.05, 0) is 41.4 Å². The summed E-state index contributed by atoms with van der Waals surface area (Å²) in [5.74, 6) is 1.12. The third-order valence-corrected chi connectivity index (χ3v) is 6.69. The molecule has 2 atom stereocenters. The average Bonchev–Trinajstić information content (AvgIpc) is 2.88. The molecule has 2 unspecified atom stereocenters. The summed E-state index contributed by atoms with van der Waals surface area (Å²) in [4.78, 5) is 0. The summed E-state index contributed by atoms with van der Waals surface area (Å²) in [6, 6.07) is 8.02. The van der Waals surface area contributed by atoms with Gasteiger partial charge in [0.2, 0.25) is 0 Å². The Morgan fingerprint density at radius 2 is 1.81 bits per heavy atom. The summed E-state index contributed by atoms with van der Waals surface area (Å²) in [6.45, 7) is 11.8. The van der Waals surface area contributed by atoms with Gasteiger partial charge in [0.05, 0.1) is 11.5 Å². The third-order valence-electron chi connectivity index (χ3n) is 4.93. The second-order valence-corrected chi connectivity index (χ2v) is 11.8. The van der Waals surface area contributed by atoms with Crippen molar-refractivity contribution in [3.05, 3.63) is 29.8 Å². The van der Waals surface area contributed by atoms with Crippen molar-refractivity contribution >= 4 is 9.84 Å². The van der Waals surface area contributed by atoms with Crippen molar-refractivity contribution in [1.29, 1.82) is 0 Å². The fourth-order valence-corrected chi connectivity index (χ4v) is 5.65. The van der Waals surface area contributed by atoms with Crippen molar-refractivity contribution in [3.63, 3.8) is 0 Å². The van der Waals surface area contributed by atoms with Crippen LogP contribution in [0.5, 0.6) is 5.75 Å². The van der Waals surface area contributed by atoms with Crippen LogP contribution in [0, 0.1) is 5.41 Å². The van der Waals surface area contributed by atoms with E-state index in [4.69, 9.17) is 4.74 Å². The Balaban J connectivity index is 1.79. The Bertz CT molecular complexity index is 705. The maximum atomic E-state index is 11.4. The van der Waals surface area contributed by atoms with Crippen LogP contribution in [0.2, 0.25) is 0 Å². The molecule has 0 radical (unpaired) electrons. The number of aliphatic hydroxyl groups is 1. The Hall–Kier alpha value is -1.11. The van der Waals surface area contributed by atoms with Gasteiger partial charge in [0.15, 0.2) is 9.84 Å². The molecular weight excluding hydrogens is 362 g/mol. The van der Waals surface area contributed by atoms with E-state index < -0.39 is 15.9 Å². The fourth-order valence-electron chi connectivity index (χ4n) is 3.94. The first-order valence-electron chi connectivity index (χ1n) is 9.72.